The van der Waals surface area contributed by atoms with Crippen molar-refractivity contribution in [3.05, 3.63) is 242 Å². The first kappa shape index (κ1) is 38.6. The highest BCUT2D eigenvalue weighted by Gasteiger charge is 2.18. The highest BCUT2D eigenvalue weighted by Crippen LogP contribution is 2.43. The summed E-state index contributed by atoms with van der Waals surface area (Å²) in [4.78, 5) is 19.1. The summed E-state index contributed by atoms with van der Waals surface area (Å²) in [6.07, 6.45) is 0. The lowest BCUT2D eigenvalue weighted by molar-refractivity contribution is 1.07. The lowest BCUT2D eigenvalue weighted by Crippen LogP contribution is -2.00. The summed E-state index contributed by atoms with van der Waals surface area (Å²) < 4.78 is 0. The van der Waals surface area contributed by atoms with Gasteiger partial charge in [0.05, 0.1) is 6.57 Å². The molecule has 0 radical (unpaired) electrons. The average Bonchev–Trinajstić information content (AvgIpc) is 3.40. The third-order valence-electron chi connectivity index (χ3n) is 12.7. The largest absolute Gasteiger partial charge is 0.238 e. The maximum atomic E-state index is 7.70. The van der Waals surface area contributed by atoms with Crippen molar-refractivity contribution in [3.8, 4) is 78.7 Å². The van der Waals surface area contributed by atoms with Gasteiger partial charge >= 0.3 is 0 Å². The molecular formula is C62H38N4. The summed E-state index contributed by atoms with van der Waals surface area (Å²) in [6, 6.07) is 80.9. The van der Waals surface area contributed by atoms with E-state index >= 15 is 0 Å². The van der Waals surface area contributed by atoms with Gasteiger partial charge in [-0.3, -0.25) is 0 Å². The molecule has 0 saturated heterocycles. The summed E-state index contributed by atoms with van der Waals surface area (Å²) in [5.74, 6) is 1.87. The molecule has 12 rings (SSSR count). The van der Waals surface area contributed by atoms with Crippen LogP contribution in [0.1, 0.15) is 0 Å². The molecule has 0 unspecified atom stereocenters. The molecule has 4 nitrogen and oxygen atoms in total. The van der Waals surface area contributed by atoms with Crippen molar-refractivity contribution in [1.82, 2.24) is 15.0 Å². The van der Waals surface area contributed by atoms with E-state index in [0.717, 1.165) is 66.4 Å². The van der Waals surface area contributed by atoms with Gasteiger partial charge in [-0.05, 0) is 112 Å². The fourth-order valence-electron chi connectivity index (χ4n) is 9.54. The van der Waals surface area contributed by atoms with E-state index in [1.54, 1.807) is 0 Å². The molecule has 4 heteroatoms. The first-order valence-electron chi connectivity index (χ1n) is 22.1. The van der Waals surface area contributed by atoms with Gasteiger partial charge in [0.15, 0.2) is 23.2 Å². The van der Waals surface area contributed by atoms with Crippen molar-refractivity contribution in [1.29, 1.82) is 0 Å². The monoisotopic (exact) mass is 838 g/mol. The van der Waals surface area contributed by atoms with Crippen molar-refractivity contribution in [2.75, 3.05) is 0 Å². The molecule has 11 aromatic carbocycles. The van der Waals surface area contributed by atoms with Crippen molar-refractivity contribution in [2.45, 2.75) is 0 Å². The zero-order valence-corrected chi connectivity index (χ0v) is 35.7. The predicted octanol–water partition coefficient (Wildman–Crippen LogP) is 16.7. The van der Waals surface area contributed by atoms with E-state index in [1.807, 2.05) is 60.7 Å². The molecule has 306 valence electrons. The molecule has 0 N–H and O–H groups in total. The van der Waals surface area contributed by atoms with E-state index in [9.17, 15) is 0 Å². The van der Waals surface area contributed by atoms with Crippen molar-refractivity contribution >= 4 is 48.8 Å². The molecule has 0 spiro atoms. The molecule has 12 aromatic rings. The number of nitrogens with zero attached hydrogens (tertiary/aromatic N) is 4. The molecule has 0 atom stereocenters. The molecule has 1 aromatic heterocycles. The third kappa shape index (κ3) is 6.84. The van der Waals surface area contributed by atoms with Gasteiger partial charge in [0.25, 0.3) is 0 Å². The third-order valence-corrected chi connectivity index (χ3v) is 12.7. The van der Waals surface area contributed by atoms with E-state index in [4.69, 9.17) is 21.5 Å². The minimum absolute atomic E-state index is 0.616. The van der Waals surface area contributed by atoms with E-state index in [2.05, 4.69) is 175 Å². The number of hydrogen-bond acceptors (Lipinski definition) is 3. The fourth-order valence-corrected chi connectivity index (χ4v) is 9.54. The van der Waals surface area contributed by atoms with Crippen LogP contribution in [0.15, 0.2) is 231 Å². The Balaban J connectivity index is 0.983. The molecule has 0 fully saturated rings. The highest BCUT2D eigenvalue weighted by molar-refractivity contribution is 6.24. The topological polar surface area (TPSA) is 43.0 Å². The maximum Gasteiger partial charge on any atom is 0.194 e. The molecule has 1 heterocycles. The van der Waals surface area contributed by atoms with Crippen LogP contribution in [0.2, 0.25) is 0 Å². The van der Waals surface area contributed by atoms with Gasteiger partial charge in [0, 0.05) is 16.7 Å². The van der Waals surface area contributed by atoms with Crippen LogP contribution in [0.25, 0.3) is 127 Å². The quantitative estimate of drug-likeness (QED) is 0.119. The van der Waals surface area contributed by atoms with Crippen LogP contribution in [-0.4, -0.2) is 15.0 Å². The van der Waals surface area contributed by atoms with Gasteiger partial charge in [-0.1, -0.05) is 206 Å². The number of rotatable bonds is 7. The minimum Gasteiger partial charge on any atom is -0.238 e. The Morgan fingerprint density at radius 2 is 0.636 bits per heavy atom. The summed E-state index contributed by atoms with van der Waals surface area (Å²) in [7, 11) is 0. The second kappa shape index (κ2) is 16.3. The molecule has 0 bridgehead atoms. The number of hydrogen-bond donors (Lipinski definition) is 0. The van der Waals surface area contributed by atoms with Gasteiger partial charge in [0.2, 0.25) is 0 Å². The van der Waals surface area contributed by atoms with Crippen LogP contribution < -0.4 is 0 Å². The van der Waals surface area contributed by atoms with Crippen LogP contribution in [0.4, 0.5) is 5.69 Å². The summed E-state index contributed by atoms with van der Waals surface area (Å²) >= 11 is 0. The summed E-state index contributed by atoms with van der Waals surface area (Å²) in [6.45, 7) is 7.70. The second-order valence-corrected chi connectivity index (χ2v) is 16.6. The van der Waals surface area contributed by atoms with Crippen molar-refractivity contribution < 1.29 is 0 Å². The normalized spacial score (nSPS) is 11.3. The number of aromatic nitrogens is 3. The Morgan fingerprint density at radius 1 is 0.242 bits per heavy atom. The Morgan fingerprint density at radius 3 is 1.20 bits per heavy atom. The summed E-state index contributed by atoms with van der Waals surface area (Å²) in [5.41, 5.74) is 12.5. The van der Waals surface area contributed by atoms with Crippen LogP contribution in [0, 0.1) is 6.57 Å². The zero-order valence-electron chi connectivity index (χ0n) is 35.7. The standard InChI is InChI=1S/C62H38N4/c1-63-59-35-34-48(49-24-12-13-29-54(49)59)41-30-32-42(33-31-41)55-38-57-53-28-11-9-26-51(53)56(39-58(57)52-27-10-8-25-50(52)55)45-21-15-23-47(37-45)62-65-60(43-18-6-3-7-19-43)64-61(66-62)46-22-14-20-44(36-46)40-16-4-2-5-17-40/h2-39H. The van der Waals surface area contributed by atoms with Crippen LogP contribution in [0.5, 0.6) is 0 Å². The van der Waals surface area contributed by atoms with Crippen LogP contribution in [0.3, 0.4) is 0 Å². The SMILES string of the molecule is [C-]#[N+]c1ccc(-c2ccc(-c3cc4c5ccccc5c(-c5cccc(-c6nc(-c7ccccc7)nc(-c7cccc(-c8ccccc8)c7)n6)c5)cc4c4ccccc34)cc2)c2ccccc12. The Hall–Kier alpha value is -9.04. The van der Waals surface area contributed by atoms with E-state index in [0.29, 0.717) is 23.2 Å². The predicted molar refractivity (Wildman–Crippen MR) is 274 cm³/mol. The molecule has 0 amide bonds. The lowest BCUT2D eigenvalue weighted by Gasteiger charge is -2.17. The molecule has 0 saturated carbocycles. The Kier molecular flexibility index (Phi) is 9.51. The molecule has 66 heavy (non-hydrogen) atoms. The number of fused-ring (bicyclic) bond motifs is 6. The molecule has 0 aliphatic rings. The van der Waals surface area contributed by atoms with Gasteiger partial charge in [-0.25, -0.2) is 19.8 Å². The first-order valence-corrected chi connectivity index (χ1v) is 22.1. The molecule has 0 aliphatic carbocycles. The van der Waals surface area contributed by atoms with Crippen molar-refractivity contribution in [2.24, 2.45) is 0 Å². The Labute approximate surface area is 382 Å². The average molecular weight is 839 g/mol. The summed E-state index contributed by atoms with van der Waals surface area (Å²) in [5, 5.41) is 9.23. The van der Waals surface area contributed by atoms with Gasteiger partial charge < -0.3 is 0 Å². The van der Waals surface area contributed by atoms with Gasteiger partial charge in [0.1, 0.15) is 0 Å². The second-order valence-electron chi connectivity index (χ2n) is 16.6. The first-order chi connectivity index (χ1) is 32.7. The van der Waals surface area contributed by atoms with Crippen molar-refractivity contribution in [3.63, 3.8) is 0 Å². The Bertz CT molecular complexity index is 3870. The van der Waals surface area contributed by atoms with E-state index in [-0.39, 0.29) is 0 Å². The van der Waals surface area contributed by atoms with E-state index in [1.165, 1.54) is 37.9 Å². The van der Waals surface area contributed by atoms with Gasteiger partial charge in [-0.15, -0.1) is 0 Å². The smallest absolute Gasteiger partial charge is 0.194 e. The maximum absolute atomic E-state index is 7.70. The van der Waals surface area contributed by atoms with Crippen LogP contribution in [-0.2, 0) is 0 Å². The van der Waals surface area contributed by atoms with Crippen LogP contribution >= 0.6 is 0 Å². The highest BCUT2D eigenvalue weighted by atomic mass is 15.0. The van der Waals surface area contributed by atoms with Gasteiger partial charge in [-0.2, -0.15) is 0 Å². The number of benzene rings is 11. The zero-order chi connectivity index (χ0) is 44.0. The fraction of sp³-hybridized carbons (Fsp3) is 0. The lowest BCUT2D eigenvalue weighted by atomic mass is 9.87. The van der Waals surface area contributed by atoms with E-state index < -0.39 is 0 Å². The molecular weight excluding hydrogens is 801 g/mol. The minimum atomic E-state index is 0.616. The molecule has 0 aliphatic heterocycles.